The van der Waals surface area contributed by atoms with Crippen LogP contribution in [0.2, 0.25) is 0 Å². The van der Waals surface area contributed by atoms with Crippen molar-refractivity contribution in [3.8, 4) is 17.2 Å². The highest BCUT2D eigenvalue weighted by molar-refractivity contribution is 9.10. The normalized spacial score (nSPS) is 15.0. The second-order valence-electron chi connectivity index (χ2n) is 5.45. The molecule has 0 saturated carbocycles. The van der Waals surface area contributed by atoms with Gasteiger partial charge in [0.1, 0.15) is 25.6 Å². The van der Waals surface area contributed by atoms with Crippen molar-refractivity contribution in [1.82, 2.24) is 0 Å². The zero-order valence-electron chi connectivity index (χ0n) is 12.7. The second-order valence-corrected chi connectivity index (χ2v) is 6.37. The maximum absolute atomic E-state index is 12.5. The first-order valence-electron chi connectivity index (χ1n) is 7.53. The standard InChI is InChI=1S/C18H14BrNO4/c19-13-1-3-15-11(8-13)7-12(10-24-15)18(21)20-14-2-4-16-17(9-14)23-6-5-22-16/h1-4,7-9H,5-6,10H2,(H,20,21). The molecule has 2 aromatic rings. The molecule has 0 aliphatic carbocycles. The highest BCUT2D eigenvalue weighted by atomic mass is 79.9. The number of carbonyl (C=O) groups is 1. The molecule has 0 unspecified atom stereocenters. The summed E-state index contributed by atoms with van der Waals surface area (Å²) in [5.74, 6) is 1.91. The van der Waals surface area contributed by atoms with Crippen LogP contribution < -0.4 is 19.5 Å². The van der Waals surface area contributed by atoms with E-state index in [4.69, 9.17) is 14.2 Å². The number of fused-ring (bicyclic) bond motifs is 2. The molecule has 5 nitrogen and oxygen atoms in total. The molecule has 122 valence electrons. The quantitative estimate of drug-likeness (QED) is 0.854. The van der Waals surface area contributed by atoms with E-state index in [0.29, 0.717) is 36.0 Å². The number of rotatable bonds is 2. The van der Waals surface area contributed by atoms with Gasteiger partial charge in [-0.1, -0.05) is 15.9 Å². The topological polar surface area (TPSA) is 56.8 Å². The minimum atomic E-state index is -0.197. The highest BCUT2D eigenvalue weighted by Gasteiger charge is 2.19. The second kappa shape index (κ2) is 6.20. The Labute approximate surface area is 147 Å². The molecule has 2 aromatic carbocycles. The Morgan fingerprint density at radius 2 is 1.75 bits per heavy atom. The van der Waals surface area contributed by atoms with E-state index in [0.717, 1.165) is 15.8 Å². The molecule has 1 amide bonds. The largest absolute Gasteiger partial charge is 0.488 e. The third kappa shape index (κ3) is 2.97. The minimum Gasteiger partial charge on any atom is -0.488 e. The number of benzene rings is 2. The summed E-state index contributed by atoms with van der Waals surface area (Å²) in [6, 6.07) is 11.1. The number of hydrogen-bond acceptors (Lipinski definition) is 4. The average Bonchev–Trinajstić information content (AvgIpc) is 2.61. The summed E-state index contributed by atoms with van der Waals surface area (Å²) in [7, 11) is 0. The molecule has 0 radical (unpaired) electrons. The van der Waals surface area contributed by atoms with Crippen LogP contribution in [0, 0.1) is 0 Å². The van der Waals surface area contributed by atoms with Gasteiger partial charge in [0.05, 0.1) is 5.57 Å². The van der Waals surface area contributed by atoms with E-state index < -0.39 is 0 Å². The number of anilines is 1. The van der Waals surface area contributed by atoms with Gasteiger partial charge in [0, 0.05) is 21.8 Å². The lowest BCUT2D eigenvalue weighted by Crippen LogP contribution is -2.21. The first kappa shape index (κ1) is 15.1. The third-order valence-electron chi connectivity index (χ3n) is 3.78. The lowest BCUT2D eigenvalue weighted by atomic mass is 10.1. The summed E-state index contributed by atoms with van der Waals surface area (Å²) in [4.78, 5) is 12.5. The predicted molar refractivity (Wildman–Crippen MR) is 93.7 cm³/mol. The Hall–Kier alpha value is -2.47. The van der Waals surface area contributed by atoms with Crippen LogP contribution in [0.5, 0.6) is 17.2 Å². The van der Waals surface area contributed by atoms with E-state index in [2.05, 4.69) is 21.2 Å². The molecule has 2 aliphatic heterocycles. The molecule has 2 heterocycles. The maximum Gasteiger partial charge on any atom is 0.255 e. The van der Waals surface area contributed by atoms with Gasteiger partial charge in [-0.25, -0.2) is 0 Å². The van der Waals surface area contributed by atoms with Crippen LogP contribution in [0.4, 0.5) is 5.69 Å². The Bertz CT molecular complexity index is 847. The van der Waals surface area contributed by atoms with Gasteiger partial charge < -0.3 is 19.5 Å². The molecule has 1 N–H and O–H groups in total. The van der Waals surface area contributed by atoms with Crippen molar-refractivity contribution in [1.29, 1.82) is 0 Å². The Morgan fingerprint density at radius 1 is 0.958 bits per heavy atom. The smallest absolute Gasteiger partial charge is 0.255 e. The number of ether oxygens (including phenoxy) is 3. The lowest BCUT2D eigenvalue weighted by Gasteiger charge is -2.20. The van der Waals surface area contributed by atoms with Gasteiger partial charge in [-0.2, -0.15) is 0 Å². The summed E-state index contributed by atoms with van der Waals surface area (Å²) in [6.07, 6.45) is 1.84. The van der Waals surface area contributed by atoms with Gasteiger partial charge in [0.15, 0.2) is 11.5 Å². The molecule has 0 aromatic heterocycles. The first-order chi connectivity index (χ1) is 11.7. The SMILES string of the molecule is O=C(Nc1ccc2c(c1)OCCO2)C1=Cc2cc(Br)ccc2OC1. The van der Waals surface area contributed by atoms with Crippen LogP contribution in [0.25, 0.3) is 6.08 Å². The van der Waals surface area contributed by atoms with E-state index >= 15 is 0 Å². The Morgan fingerprint density at radius 3 is 2.62 bits per heavy atom. The number of amides is 1. The number of hydrogen-bond donors (Lipinski definition) is 1. The number of halogens is 1. The lowest BCUT2D eigenvalue weighted by molar-refractivity contribution is -0.113. The predicted octanol–water partition coefficient (Wildman–Crippen LogP) is 3.63. The summed E-state index contributed by atoms with van der Waals surface area (Å²) < 4.78 is 17.6. The average molecular weight is 388 g/mol. The van der Waals surface area contributed by atoms with Crippen LogP contribution in [0.1, 0.15) is 5.56 Å². The third-order valence-corrected chi connectivity index (χ3v) is 4.27. The van der Waals surface area contributed by atoms with E-state index in [1.807, 2.05) is 24.3 Å². The zero-order chi connectivity index (χ0) is 16.5. The summed E-state index contributed by atoms with van der Waals surface area (Å²) >= 11 is 3.42. The molecule has 0 spiro atoms. The van der Waals surface area contributed by atoms with Crippen molar-refractivity contribution in [2.45, 2.75) is 0 Å². The molecule has 4 rings (SSSR count). The molecular weight excluding hydrogens is 374 g/mol. The molecule has 24 heavy (non-hydrogen) atoms. The molecule has 0 fully saturated rings. The molecule has 2 aliphatic rings. The maximum atomic E-state index is 12.5. The Balaban J connectivity index is 1.54. The summed E-state index contributed by atoms with van der Waals surface area (Å²) in [6.45, 7) is 1.29. The molecule has 6 heteroatoms. The number of carbonyl (C=O) groups excluding carboxylic acids is 1. The van der Waals surface area contributed by atoms with Gasteiger partial charge in [0.2, 0.25) is 0 Å². The number of nitrogens with one attached hydrogen (secondary N) is 1. The highest BCUT2D eigenvalue weighted by Crippen LogP contribution is 2.33. The first-order valence-corrected chi connectivity index (χ1v) is 8.32. The van der Waals surface area contributed by atoms with E-state index in [1.165, 1.54) is 0 Å². The van der Waals surface area contributed by atoms with E-state index in [1.54, 1.807) is 18.2 Å². The van der Waals surface area contributed by atoms with Crippen LogP contribution in [-0.2, 0) is 4.79 Å². The molecule has 0 atom stereocenters. The minimum absolute atomic E-state index is 0.197. The van der Waals surface area contributed by atoms with E-state index in [-0.39, 0.29) is 12.5 Å². The molecule has 0 saturated heterocycles. The van der Waals surface area contributed by atoms with Gasteiger partial charge in [-0.05, 0) is 36.4 Å². The van der Waals surface area contributed by atoms with Gasteiger partial charge >= 0.3 is 0 Å². The van der Waals surface area contributed by atoms with Crippen LogP contribution in [-0.4, -0.2) is 25.7 Å². The van der Waals surface area contributed by atoms with Crippen molar-refractivity contribution in [3.63, 3.8) is 0 Å². The fourth-order valence-electron chi connectivity index (χ4n) is 2.61. The van der Waals surface area contributed by atoms with Crippen LogP contribution in [0.15, 0.2) is 46.4 Å². The Kier molecular flexibility index (Phi) is 3.90. The molecular formula is C18H14BrNO4. The van der Waals surface area contributed by atoms with Crippen molar-refractivity contribution in [2.24, 2.45) is 0 Å². The summed E-state index contributed by atoms with van der Waals surface area (Å²) in [5, 5.41) is 2.87. The van der Waals surface area contributed by atoms with Gasteiger partial charge in [-0.15, -0.1) is 0 Å². The fraction of sp³-hybridized carbons (Fsp3) is 0.167. The van der Waals surface area contributed by atoms with Gasteiger partial charge in [-0.3, -0.25) is 4.79 Å². The summed E-state index contributed by atoms with van der Waals surface area (Å²) in [5.41, 5.74) is 2.10. The zero-order valence-corrected chi connectivity index (χ0v) is 14.3. The van der Waals surface area contributed by atoms with Crippen molar-refractivity contribution in [2.75, 3.05) is 25.1 Å². The monoisotopic (exact) mass is 387 g/mol. The fourth-order valence-corrected chi connectivity index (χ4v) is 2.99. The van der Waals surface area contributed by atoms with Crippen molar-refractivity contribution >= 4 is 33.6 Å². The van der Waals surface area contributed by atoms with E-state index in [9.17, 15) is 4.79 Å². The van der Waals surface area contributed by atoms with Gasteiger partial charge in [0.25, 0.3) is 5.91 Å². The van der Waals surface area contributed by atoms with Crippen molar-refractivity contribution < 1.29 is 19.0 Å². The van der Waals surface area contributed by atoms with Crippen molar-refractivity contribution in [3.05, 3.63) is 52.0 Å². The van der Waals surface area contributed by atoms with Crippen LogP contribution >= 0.6 is 15.9 Å². The molecule has 0 bridgehead atoms. The van der Waals surface area contributed by atoms with Crippen LogP contribution in [0.3, 0.4) is 0 Å².